The van der Waals surface area contributed by atoms with Gasteiger partial charge in [-0.15, -0.1) is 6.58 Å². The van der Waals surface area contributed by atoms with Gasteiger partial charge >= 0.3 is 6.09 Å². The standard InChI is InChI=1S/C21H23NO2/c1-4-15-22-19(16(2)3)21(24-20(22)23,17-11-7-5-8-12-17)18-13-9-6-10-14-18/h4-14,16,19H,1,15H2,2-3H3/t19-/m0/s1. The first-order chi connectivity index (χ1) is 11.6. The van der Waals surface area contributed by atoms with Gasteiger partial charge in [0.2, 0.25) is 0 Å². The third-order valence-corrected chi connectivity index (χ3v) is 4.60. The first kappa shape index (κ1) is 16.3. The lowest BCUT2D eigenvalue weighted by Gasteiger charge is -2.38. The van der Waals surface area contributed by atoms with E-state index >= 15 is 0 Å². The molecule has 1 aliphatic heterocycles. The molecule has 2 aromatic rings. The second-order valence-corrected chi connectivity index (χ2v) is 6.47. The number of benzene rings is 2. The predicted molar refractivity (Wildman–Crippen MR) is 95.7 cm³/mol. The Bertz CT molecular complexity index is 670. The molecule has 0 spiro atoms. The molecule has 0 bridgehead atoms. The van der Waals surface area contributed by atoms with Crippen LogP contribution >= 0.6 is 0 Å². The van der Waals surface area contributed by atoms with Crippen LogP contribution in [0, 0.1) is 5.92 Å². The average Bonchev–Trinajstić information content (AvgIpc) is 2.91. The van der Waals surface area contributed by atoms with Crippen molar-refractivity contribution < 1.29 is 9.53 Å². The summed E-state index contributed by atoms with van der Waals surface area (Å²) < 4.78 is 6.10. The Labute approximate surface area is 143 Å². The van der Waals surface area contributed by atoms with Crippen LogP contribution in [0.15, 0.2) is 73.3 Å². The Morgan fingerprint density at radius 3 is 2.00 bits per heavy atom. The minimum Gasteiger partial charge on any atom is -0.431 e. The van der Waals surface area contributed by atoms with Gasteiger partial charge < -0.3 is 4.74 Å². The molecule has 1 amide bonds. The largest absolute Gasteiger partial charge is 0.431 e. The Kier molecular flexibility index (Phi) is 4.43. The van der Waals surface area contributed by atoms with Gasteiger partial charge in [-0.25, -0.2) is 4.79 Å². The van der Waals surface area contributed by atoms with E-state index in [2.05, 4.69) is 20.4 Å². The van der Waals surface area contributed by atoms with E-state index in [1.165, 1.54) is 0 Å². The second kappa shape index (κ2) is 6.52. The lowest BCUT2D eigenvalue weighted by Crippen LogP contribution is -2.47. The molecule has 0 aliphatic carbocycles. The average molecular weight is 321 g/mol. The summed E-state index contributed by atoms with van der Waals surface area (Å²) in [6, 6.07) is 19.9. The Morgan fingerprint density at radius 1 is 1.08 bits per heavy atom. The molecular weight excluding hydrogens is 298 g/mol. The van der Waals surface area contributed by atoms with E-state index in [0.29, 0.717) is 6.54 Å². The van der Waals surface area contributed by atoms with Crippen molar-refractivity contribution in [3.63, 3.8) is 0 Å². The molecule has 1 heterocycles. The van der Waals surface area contributed by atoms with Crippen molar-refractivity contribution in [1.29, 1.82) is 0 Å². The van der Waals surface area contributed by atoms with Crippen molar-refractivity contribution in [2.24, 2.45) is 5.92 Å². The highest BCUT2D eigenvalue weighted by atomic mass is 16.6. The van der Waals surface area contributed by atoms with Crippen LogP contribution in [0.5, 0.6) is 0 Å². The van der Waals surface area contributed by atoms with E-state index in [1.54, 1.807) is 11.0 Å². The van der Waals surface area contributed by atoms with Crippen molar-refractivity contribution >= 4 is 6.09 Å². The third kappa shape index (κ3) is 2.50. The Morgan fingerprint density at radius 2 is 1.58 bits per heavy atom. The van der Waals surface area contributed by atoms with E-state index < -0.39 is 5.60 Å². The molecule has 0 radical (unpaired) electrons. The smallest absolute Gasteiger partial charge is 0.411 e. The summed E-state index contributed by atoms with van der Waals surface area (Å²) in [4.78, 5) is 14.5. The molecule has 3 nitrogen and oxygen atoms in total. The van der Waals surface area contributed by atoms with E-state index in [4.69, 9.17) is 4.74 Å². The van der Waals surface area contributed by atoms with Gasteiger partial charge in [0.1, 0.15) is 0 Å². The molecule has 0 saturated carbocycles. The minimum absolute atomic E-state index is 0.104. The monoisotopic (exact) mass is 321 g/mol. The van der Waals surface area contributed by atoms with Crippen LogP contribution in [-0.4, -0.2) is 23.6 Å². The number of rotatable bonds is 5. The lowest BCUT2D eigenvalue weighted by atomic mass is 9.76. The van der Waals surface area contributed by atoms with Crippen molar-refractivity contribution in [3.05, 3.63) is 84.4 Å². The number of hydrogen-bond donors (Lipinski definition) is 0. The normalized spacial score (nSPS) is 19.4. The number of cyclic esters (lactones) is 1. The van der Waals surface area contributed by atoms with Gasteiger partial charge in [-0.1, -0.05) is 80.6 Å². The summed E-state index contributed by atoms with van der Waals surface area (Å²) in [5, 5.41) is 0. The molecule has 3 rings (SSSR count). The highest BCUT2D eigenvalue weighted by molar-refractivity contribution is 5.74. The van der Waals surface area contributed by atoms with E-state index in [1.807, 2.05) is 60.7 Å². The maximum Gasteiger partial charge on any atom is 0.411 e. The maximum atomic E-state index is 12.7. The second-order valence-electron chi connectivity index (χ2n) is 6.47. The van der Waals surface area contributed by atoms with E-state index in [9.17, 15) is 4.79 Å². The molecule has 1 atom stereocenters. The maximum absolute atomic E-state index is 12.7. The minimum atomic E-state index is -0.809. The topological polar surface area (TPSA) is 29.5 Å². The van der Waals surface area contributed by atoms with Crippen LogP contribution < -0.4 is 0 Å². The molecule has 1 fully saturated rings. The van der Waals surface area contributed by atoms with Gasteiger partial charge in [0.25, 0.3) is 0 Å². The Balaban J connectivity index is 2.25. The van der Waals surface area contributed by atoms with Gasteiger partial charge in [-0.2, -0.15) is 0 Å². The molecular formula is C21H23NO2. The molecule has 0 aromatic heterocycles. The van der Waals surface area contributed by atoms with Crippen LogP contribution in [0.3, 0.4) is 0 Å². The molecule has 24 heavy (non-hydrogen) atoms. The highest BCUT2D eigenvalue weighted by Gasteiger charge is 2.56. The van der Waals surface area contributed by atoms with Gasteiger partial charge in [-0.05, 0) is 5.92 Å². The molecule has 1 saturated heterocycles. The Hall–Kier alpha value is -2.55. The summed E-state index contributed by atoms with van der Waals surface area (Å²) in [7, 11) is 0. The van der Waals surface area contributed by atoms with Crippen molar-refractivity contribution in [3.8, 4) is 0 Å². The summed E-state index contributed by atoms with van der Waals surface area (Å²) >= 11 is 0. The lowest BCUT2D eigenvalue weighted by molar-refractivity contribution is 0.0552. The SMILES string of the molecule is C=CCN1C(=O)OC(c2ccccc2)(c2ccccc2)[C@@H]1C(C)C. The number of nitrogens with zero attached hydrogens (tertiary/aromatic N) is 1. The summed E-state index contributed by atoms with van der Waals surface area (Å²) in [5.41, 5.74) is 1.18. The van der Waals surface area contributed by atoms with E-state index in [-0.39, 0.29) is 18.1 Å². The zero-order valence-corrected chi connectivity index (χ0v) is 14.2. The van der Waals surface area contributed by atoms with Crippen LogP contribution in [0.2, 0.25) is 0 Å². The fourth-order valence-electron chi connectivity index (χ4n) is 3.74. The fourth-order valence-corrected chi connectivity index (χ4v) is 3.74. The fraction of sp³-hybridized carbons (Fsp3) is 0.286. The van der Waals surface area contributed by atoms with Crippen LogP contribution in [0.1, 0.15) is 25.0 Å². The number of carbonyl (C=O) groups excluding carboxylic acids is 1. The quantitative estimate of drug-likeness (QED) is 0.754. The van der Waals surface area contributed by atoms with Crippen molar-refractivity contribution in [1.82, 2.24) is 4.90 Å². The first-order valence-electron chi connectivity index (χ1n) is 8.32. The van der Waals surface area contributed by atoms with Crippen LogP contribution in [0.4, 0.5) is 4.79 Å². The molecule has 1 aliphatic rings. The van der Waals surface area contributed by atoms with Crippen molar-refractivity contribution in [2.45, 2.75) is 25.5 Å². The first-order valence-corrected chi connectivity index (χ1v) is 8.32. The number of ether oxygens (including phenoxy) is 1. The molecule has 2 aromatic carbocycles. The van der Waals surface area contributed by atoms with Gasteiger partial charge in [0, 0.05) is 17.7 Å². The molecule has 3 heteroatoms. The van der Waals surface area contributed by atoms with Crippen LogP contribution in [-0.2, 0) is 10.3 Å². The van der Waals surface area contributed by atoms with Gasteiger partial charge in [0.05, 0.1) is 6.04 Å². The zero-order valence-electron chi connectivity index (χ0n) is 14.2. The van der Waals surface area contributed by atoms with Gasteiger partial charge in [-0.3, -0.25) is 4.90 Å². The van der Waals surface area contributed by atoms with Crippen LogP contribution in [0.25, 0.3) is 0 Å². The summed E-state index contributed by atoms with van der Waals surface area (Å²) in [5.74, 6) is 0.219. The highest BCUT2D eigenvalue weighted by Crippen LogP contribution is 2.47. The summed E-state index contributed by atoms with van der Waals surface area (Å²) in [6.45, 7) is 8.53. The number of amides is 1. The predicted octanol–water partition coefficient (Wildman–Crippen LogP) is 4.59. The zero-order chi connectivity index (χ0) is 17.2. The molecule has 0 N–H and O–H groups in total. The van der Waals surface area contributed by atoms with Gasteiger partial charge in [0.15, 0.2) is 5.60 Å². The van der Waals surface area contributed by atoms with Crippen molar-refractivity contribution in [2.75, 3.05) is 6.54 Å². The summed E-state index contributed by atoms with van der Waals surface area (Å²) in [6.07, 6.45) is 1.46. The molecule has 124 valence electrons. The number of hydrogen-bond acceptors (Lipinski definition) is 2. The van der Waals surface area contributed by atoms with E-state index in [0.717, 1.165) is 11.1 Å². The number of carbonyl (C=O) groups is 1. The third-order valence-electron chi connectivity index (χ3n) is 4.60. The molecule has 0 unspecified atom stereocenters.